The molecule has 36 heavy (non-hydrogen) atoms. The summed E-state index contributed by atoms with van der Waals surface area (Å²) in [6.45, 7) is 0. The molecule has 3 aromatic rings. The van der Waals surface area contributed by atoms with Gasteiger partial charge in [0.25, 0.3) is 0 Å². The van der Waals surface area contributed by atoms with Crippen molar-refractivity contribution in [1.29, 1.82) is 0 Å². The van der Waals surface area contributed by atoms with Gasteiger partial charge in [0.05, 0.1) is 33.3 Å². The minimum atomic E-state index is -4.82. The van der Waals surface area contributed by atoms with Gasteiger partial charge in [-0.3, -0.25) is 0 Å². The van der Waals surface area contributed by atoms with Crippen molar-refractivity contribution in [2.75, 3.05) is 37.7 Å². The lowest BCUT2D eigenvalue weighted by atomic mass is 10.2. The molecule has 0 aliphatic heterocycles. The van der Waals surface area contributed by atoms with Crippen LogP contribution in [0, 0.1) is 5.82 Å². The monoisotopic (exact) mass is 530 g/mol. The Kier molecular flexibility index (Phi) is 8.07. The average molecular weight is 531 g/mol. The van der Waals surface area contributed by atoms with Gasteiger partial charge in [-0.1, -0.05) is 12.1 Å². The number of nitrogens with one attached hydrogen (secondary N) is 2. The van der Waals surface area contributed by atoms with Crippen LogP contribution in [0.5, 0.6) is 17.2 Å². The van der Waals surface area contributed by atoms with E-state index in [1.165, 1.54) is 45.6 Å². The van der Waals surface area contributed by atoms with Gasteiger partial charge in [0.1, 0.15) is 5.75 Å². The van der Waals surface area contributed by atoms with Gasteiger partial charge in [0.2, 0.25) is 11.7 Å². The highest BCUT2D eigenvalue weighted by Crippen LogP contribution is 2.40. The van der Waals surface area contributed by atoms with Crippen molar-refractivity contribution in [2.45, 2.75) is 11.9 Å². The Bertz CT molecular complexity index is 1290. The number of hydrogen-bond donors (Lipinski definition) is 2. The Hall–Kier alpha value is -3.81. The highest BCUT2D eigenvalue weighted by Gasteiger charge is 2.35. The van der Waals surface area contributed by atoms with E-state index in [2.05, 4.69) is 20.6 Å². The zero-order valence-corrected chi connectivity index (χ0v) is 20.1. The molecule has 0 amide bonds. The standard InChI is InChI=1S/C22H22F4N4O5S/c1-33-17-8-15(9-18(34-2)19(17)35-3)29-21-27-10-16(23)20(30-21)28-14-6-4-13(5-7-14)11-36(31,32)12-22(24,25)26/h4-10H,11-12H2,1-3H3,(H2,27,28,29,30). The molecule has 0 aliphatic carbocycles. The van der Waals surface area contributed by atoms with Gasteiger partial charge in [-0.05, 0) is 17.7 Å². The third-order valence-electron chi connectivity index (χ3n) is 4.65. The van der Waals surface area contributed by atoms with E-state index >= 15 is 0 Å². The first kappa shape index (κ1) is 26.8. The molecule has 0 radical (unpaired) electrons. The molecule has 2 N–H and O–H groups in total. The average Bonchev–Trinajstić information content (AvgIpc) is 2.80. The Labute approximate surface area is 204 Å². The molecular weight excluding hydrogens is 508 g/mol. The largest absolute Gasteiger partial charge is 0.493 e. The van der Waals surface area contributed by atoms with Crippen LogP contribution in [0.4, 0.5) is 40.7 Å². The Morgan fingerprint density at radius 1 is 0.917 bits per heavy atom. The molecule has 0 saturated heterocycles. The number of halogens is 4. The fraction of sp³-hybridized carbons (Fsp3) is 0.273. The van der Waals surface area contributed by atoms with Crippen LogP contribution in [0.3, 0.4) is 0 Å². The molecule has 0 spiro atoms. The van der Waals surface area contributed by atoms with E-state index in [4.69, 9.17) is 14.2 Å². The second-order valence-corrected chi connectivity index (χ2v) is 9.46. The van der Waals surface area contributed by atoms with Crippen LogP contribution in [0.2, 0.25) is 0 Å². The van der Waals surface area contributed by atoms with E-state index in [1.807, 2.05) is 0 Å². The number of nitrogens with zero attached hydrogens (tertiary/aromatic N) is 2. The number of anilines is 4. The zero-order chi connectivity index (χ0) is 26.5. The maximum Gasteiger partial charge on any atom is 0.402 e. The summed E-state index contributed by atoms with van der Waals surface area (Å²) in [5, 5.41) is 5.63. The van der Waals surface area contributed by atoms with Crippen LogP contribution in [0.25, 0.3) is 0 Å². The molecule has 1 heterocycles. The van der Waals surface area contributed by atoms with E-state index < -0.39 is 33.3 Å². The van der Waals surface area contributed by atoms with Gasteiger partial charge in [0.15, 0.2) is 33.0 Å². The summed E-state index contributed by atoms with van der Waals surface area (Å²) < 4.78 is 90.9. The summed E-state index contributed by atoms with van der Waals surface area (Å²) in [5.41, 5.74) is 0.937. The van der Waals surface area contributed by atoms with E-state index in [0.29, 0.717) is 28.6 Å². The van der Waals surface area contributed by atoms with E-state index in [9.17, 15) is 26.0 Å². The number of alkyl halides is 3. The molecule has 0 fully saturated rings. The van der Waals surface area contributed by atoms with Crippen molar-refractivity contribution in [2.24, 2.45) is 0 Å². The molecular formula is C22H22F4N4O5S. The molecule has 0 unspecified atom stereocenters. The second kappa shape index (κ2) is 10.8. The van der Waals surface area contributed by atoms with Crippen molar-refractivity contribution in [3.05, 3.63) is 54.0 Å². The van der Waals surface area contributed by atoms with Crippen LogP contribution in [0.1, 0.15) is 5.56 Å². The number of benzene rings is 2. The molecule has 194 valence electrons. The minimum Gasteiger partial charge on any atom is -0.493 e. The van der Waals surface area contributed by atoms with Gasteiger partial charge < -0.3 is 24.8 Å². The van der Waals surface area contributed by atoms with Gasteiger partial charge >= 0.3 is 6.18 Å². The predicted octanol–water partition coefficient (Wildman–Crippen LogP) is 4.61. The molecule has 2 aromatic carbocycles. The van der Waals surface area contributed by atoms with Crippen molar-refractivity contribution >= 4 is 33.0 Å². The van der Waals surface area contributed by atoms with Gasteiger partial charge in [-0.15, -0.1) is 0 Å². The summed E-state index contributed by atoms with van der Waals surface area (Å²) in [6.07, 6.45) is -3.88. The lowest BCUT2D eigenvalue weighted by molar-refractivity contribution is -0.106. The smallest absolute Gasteiger partial charge is 0.402 e. The maximum atomic E-state index is 14.3. The summed E-state index contributed by atoms with van der Waals surface area (Å²) in [6, 6.07) is 8.65. The van der Waals surface area contributed by atoms with Gasteiger partial charge in [-0.2, -0.15) is 18.2 Å². The fourth-order valence-corrected chi connectivity index (χ4v) is 4.47. The van der Waals surface area contributed by atoms with Crippen LogP contribution in [-0.4, -0.2) is 51.6 Å². The first-order chi connectivity index (χ1) is 16.9. The first-order valence-corrected chi connectivity index (χ1v) is 12.0. The predicted molar refractivity (Wildman–Crippen MR) is 125 cm³/mol. The topological polar surface area (TPSA) is 112 Å². The number of ether oxygens (including phenoxy) is 3. The third kappa shape index (κ3) is 7.10. The quantitative estimate of drug-likeness (QED) is 0.363. The number of hydrogen-bond acceptors (Lipinski definition) is 9. The Balaban J connectivity index is 1.76. The summed E-state index contributed by atoms with van der Waals surface area (Å²) in [4.78, 5) is 8.00. The van der Waals surface area contributed by atoms with Crippen molar-refractivity contribution in [3.8, 4) is 17.2 Å². The normalized spacial score (nSPS) is 11.6. The highest BCUT2D eigenvalue weighted by atomic mass is 32.2. The maximum absolute atomic E-state index is 14.3. The number of sulfone groups is 1. The van der Waals surface area contributed by atoms with Crippen molar-refractivity contribution in [3.63, 3.8) is 0 Å². The minimum absolute atomic E-state index is 0.0306. The van der Waals surface area contributed by atoms with Gasteiger partial charge in [-0.25, -0.2) is 17.8 Å². The molecule has 0 bridgehead atoms. The summed E-state index contributed by atoms with van der Waals surface area (Å²) in [5.74, 6) is -2.51. The van der Waals surface area contributed by atoms with E-state index in [1.54, 1.807) is 12.1 Å². The Morgan fingerprint density at radius 2 is 1.53 bits per heavy atom. The number of methoxy groups -OCH3 is 3. The number of aromatic nitrogens is 2. The molecule has 0 atom stereocenters. The summed E-state index contributed by atoms with van der Waals surface area (Å²) in [7, 11) is -0.0142. The molecule has 3 rings (SSSR count). The fourth-order valence-electron chi connectivity index (χ4n) is 3.17. The van der Waals surface area contributed by atoms with Gasteiger partial charge in [0, 0.05) is 23.5 Å². The van der Waals surface area contributed by atoms with E-state index in [0.717, 1.165) is 6.20 Å². The van der Waals surface area contributed by atoms with Crippen LogP contribution in [0.15, 0.2) is 42.6 Å². The number of rotatable bonds is 10. The molecule has 9 nitrogen and oxygen atoms in total. The first-order valence-electron chi connectivity index (χ1n) is 10.2. The molecule has 1 aromatic heterocycles. The zero-order valence-electron chi connectivity index (χ0n) is 19.3. The third-order valence-corrected chi connectivity index (χ3v) is 6.19. The van der Waals surface area contributed by atoms with Crippen LogP contribution < -0.4 is 24.8 Å². The van der Waals surface area contributed by atoms with Crippen molar-refractivity contribution in [1.82, 2.24) is 9.97 Å². The lowest BCUT2D eigenvalue weighted by Gasteiger charge is -2.15. The van der Waals surface area contributed by atoms with Crippen molar-refractivity contribution < 1.29 is 40.2 Å². The summed E-state index contributed by atoms with van der Waals surface area (Å²) >= 11 is 0. The highest BCUT2D eigenvalue weighted by molar-refractivity contribution is 7.90. The Morgan fingerprint density at radius 3 is 2.06 bits per heavy atom. The van der Waals surface area contributed by atoms with E-state index in [-0.39, 0.29) is 17.3 Å². The molecule has 0 saturated carbocycles. The molecule has 14 heteroatoms. The SMILES string of the molecule is COc1cc(Nc2ncc(F)c(Nc3ccc(CS(=O)(=O)CC(F)(F)F)cc3)n2)cc(OC)c1OC. The van der Waals surface area contributed by atoms with Crippen LogP contribution >= 0.6 is 0 Å². The molecule has 0 aliphatic rings. The van der Waals surface area contributed by atoms with Crippen LogP contribution in [-0.2, 0) is 15.6 Å². The second-order valence-electron chi connectivity index (χ2n) is 7.40. The lowest BCUT2D eigenvalue weighted by Crippen LogP contribution is -2.23.